The molecular weight excluding hydrogens is 370 g/mol. The van der Waals surface area contributed by atoms with Gasteiger partial charge in [-0.1, -0.05) is 24.3 Å². The quantitative estimate of drug-likeness (QED) is 0.540. The Morgan fingerprint density at radius 2 is 1.70 bits per heavy atom. The second-order valence-corrected chi connectivity index (χ2v) is 7.96. The van der Waals surface area contributed by atoms with Crippen molar-refractivity contribution in [3.05, 3.63) is 63.6 Å². The van der Waals surface area contributed by atoms with E-state index in [1.54, 1.807) is 18.2 Å². The predicted octanol–water partition coefficient (Wildman–Crippen LogP) is 0.869. The number of imidazole rings is 1. The lowest BCUT2D eigenvalue weighted by Crippen LogP contribution is -2.24. The molecule has 0 aliphatic rings. The van der Waals surface area contributed by atoms with Gasteiger partial charge in [0, 0.05) is 30.6 Å². The van der Waals surface area contributed by atoms with Gasteiger partial charge in [0.05, 0.1) is 4.90 Å². The second-order valence-electron chi connectivity index (χ2n) is 6.17. The summed E-state index contributed by atoms with van der Waals surface area (Å²) in [5, 5.41) is 1.29. The van der Waals surface area contributed by atoms with Crippen molar-refractivity contribution in [3.8, 4) is 0 Å². The number of nitrogens with one attached hydrogen (secondary N) is 2. The van der Waals surface area contributed by atoms with Crippen LogP contribution in [0.5, 0.6) is 0 Å². The standard InChI is InChI=1S/C17H15N5O4S/c1-21(2)12-7-3-6-11-10(12)5-4-8-13(11)27(25,26)22-9-18-14-15(22)19-17(24)20-16(14)23/h3-9H,1-2H3,(H2,19,20,23,24). The molecule has 0 aliphatic heterocycles. The zero-order valence-electron chi connectivity index (χ0n) is 14.4. The van der Waals surface area contributed by atoms with Crippen molar-refractivity contribution in [3.63, 3.8) is 0 Å². The molecule has 0 unspecified atom stereocenters. The summed E-state index contributed by atoms with van der Waals surface area (Å²) >= 11 is 0. The van der Waals surface area contributed by atoms with Crippen LogP contribution in [0.1, 0.15) is 0 Å². The fourth-order valence-electron chi connectivity index (χ4n) is 3.08. The molecule has 2 aromatic heterocycles. The van der Waals surface area contributed by atoms with E-state index in [9.17, 15) is 18.0 Å². The van der Waals surface area contributed by atoms with Gasteiger partial charge in [0.1, 0.15) is 6.33 Å². The van der Waals surface area contributed by atoms with Crippen LogP contribution in [0.3, 0.4) is 0 Å². The molecule has 2 N–H and O–H groups in total. The van der Waals surface area contributed by atoms with Crippen molar-refractivity contribution in [2.45, 2.75) is 4.90 Å². The first-order valence-corrected chi connectivity index (χ1v) is 9.39. The normalized spacial score (nSPS) is 11.9. The van der Waals surface area contributed by atoms with Gasteiger partial charge in [0.2, 0.25) is 0 Å². The van der Waals surface area contributed by atoms with Crippen molar-refractivity contribution in [1.29, 1.82) is 0 Å². The fourth-order valence-corrected chi connectivity index (χ4v) is 4.54. The Bertz CT molecular complexity index is 1410. The largest absolute Gasteiger partial charge is 0.377 e. The first-order valence-electron chi connectivity index (χ1n) is 7.95. The maximum Gasteiger partial charge on any atom is 0.327 e. The molecule has 0 atom stereocenters. The van der Waals surface area contributed by atoms with E-state index in [4.69, 9.17) is 0 Å². The van der Waals surface area contributed by atoms with E-state index in [0.29, 0.717) is 5.39 Å². The van der Waals surface area contributed by atoms with Gasteiger partial charge in [-0.25, -0.2) is 22.2 Å². The number of benzene rings is 2. The summed E-state index contributed by atoms with van der Waals surface area (Å²) < 4.78 is 27.4. The monoisotopic (exact) mass is 385 g/mol. The maximum atomic E-state index is 13.3. The molecule has 4 aromatic rings. The third kappa shape index (κ3) is 2.53. The van der Waals surface area contributed by atoms with Crippen molar-refractivity contribution in [1.82, 2.24) is 18.9 Å². The SMILES string of the molecule is CN(C)c1cccc2c(S(=O)(=O)n3cnc4c(=O)[nH]c(=O)[nH]c43)cccc12. The Labute approximate surface area is 153 Å². The third-order valence-corrected chi connectivity index (χ3v) is 5.99. The first-order chi connectivity index (χ1) is 12.8. The summed E-state index contributed by atoms with van der Waals surface area (Å²) in [5.74, 6) is 0. The molecule has 4 rings (SSSR count). The molecule has 9 nitrogen and oxygen atoms in total. The van der Waals surface area contributed by atoms with Crippen LogP contribution in [0.2, 0.25) is 0 Å². The Kier molecular flexibility index (Phi) is 3.67. The lowest BCUT2D eigenvalue weighted by atomic mass is 10.1. The van der Waals surface area contributed by atoms with Gasteiger partial charge in [-0.3, -0.25) is 14.8 Å². The summed E-state index contributed by atoms with van der Waals surface area (Å²) in [6, 6.07) is 10.3. The maximum absolute atomic E-state index is 13.3. The molecule has 0 fully saturated rings. The number of H-pyrrole nitrogens is 2. The number of hydrogen-bond acceptors (Lipinski definition) is 6. The predicted molar refractivity (Wildman–Crippen MR) is 102 cm³/mol. The van der Waals surface area contributed by atoms with Gasteiger partial charge in [0.15, 0.2) is 11.2 Å². The van der Waals surface area contributed by atoms with Gasteiger partial charge < -0.3 is 4.90 Å². The molecule has 0 saturated carbocycles. The average molecular weight is 385 g/mol. The molecule has 0 bridgehead atoms. The van der Waals surface area contributed by atoms with Crippen LogP contribution >= 0.6 is 0 Å². The summed E-state index contributed by atoms with van der Waals surface area (Å²) in [5.41, 5.74) is -1.03. The highest BCUT2D eigenvalue weighted by Crippen LogP contribution is 2.31. The molecule has 0 radical (unpaired) electrons. The van der Waals surface area contributed by atoms with E-state index >= 15 is 0 Å². The van der Waals surface area contributed by atoms with Gasteiger partial charge in [-0.05, 0) is 12.1 Å². The molecule has 0 saturated heterocycles. The van der Waals surface area contributed by atoms with Gasteiger partial charge in [0.25, 0.3) is 15.6 Å². The molecule has 2 heterocycles. The molecule has 0 amide bonds. The van der Waals surface area contributed by atoms with Crippen LogP contribution in [-0.4, -0.2) is 41.4 Å². The number of fused-ring (bicyclic) bond motifs is 2. The van der Waals surface area contributed by atoms with E-state index in [2.05, 4.69) is 9.97 Å². The Morgan fingerprint density at radius 1 is 1.00 bits per heavy atom. The Balaban J connectivity index is 2.06. The molecule has 138 valence electrons. The minimum absolute atomic E-state index is 0.0455. The van der Waals surface area contributed by atoms with Crippen LogP contribution in [0.4, 0.5) is 5.69 Å². The number of aromatic amines is 2. The fraction of sp³-hybridized carbons (Fsp3) is 0.118. The topological polar surface area (TPSA) is 121 Å². The summed E-state index contributed by atoms with van der Waals surface area (Å²) in [7, 11) is -0.369. The minimum Gasteiger partial charge on any atom is -0.377 e. The summed E-state index contributed by atoms with van der Waals surface area (Å²) in [6.45, 7) is 0. The highest BCUT2D eigenvalue weighted by molar-refractivity contribution is 7.90. The zero-order valence-corrected chi connectivity index (χ0v) is 15.2. The van der Waals surface area contributed by atoms with Crippen molar-refractivity contribution in [2.24, 2.45) is 0 Å². The van der Waals surface area contributed by atoms with Gasteiger partial charge in [-0.2, -0.15) is 0 Å². The van der Waals surface area contributed by atoms with Crippen LogP contribution in [0.15, 0.2) is 57.2 Å². The van der Waals surface area contributed by atoms with Gasteiger partial charge in [-0.15, -0.1) is 0 Å². The van der Waals surface area contributed by atoms with Crippen LogP contribution in [-0.2, 0) is 10.0 Å². The summed E-state index contributed by atoms with van der Waals surface area (Å²) in [6.07, 6.45) is 1.01. The number of aromatic nitrogens is 4. The van der Waals surface area contributed by atoms with E-state index in [-0.39, 0.29) is 16.1 Å². The van der Waals surface area contributed by atoms with Crippen molar-refractivity contribution >= 4 is 37.6 Å². The summed E-state index contributed by atoms with van der Waals surface area (Å²) in [4.78, 5) is 33.6. The lowest BCUT2D eigenvalue weighted by Gasteiger charge is -2.17. The highest BCUT2D eigenvalue weighted by Gasteiger charge is 2.24. The minimum atomic E-state index is -4.11. The van der Waals surface area contributed by atoms with E-state index < -0.39 is 21.3 Å². The van der Waals surface area contributed by atoms with Crippen LogP contribution in [0.25, 0.3) is 21.9 Å². The first kappa shape index (κ1) is 17.0. The molecule has 2 aromatic carbocycles. The number of anilines is 1. The Morgan fingerprint density at radius 3 is 2.44 bits per heavy atom. The molecule has 27 heavy (non-hydrogen) atoms. The molecular formula is C17H15N5O4S. The van der Waals surface area contributed by atoms with E-state index in [1.807, 2.05) is 36.1 Å². The van der Waals surface area contributed by atoms with E-state index in [1.165, 1.54) is 6.07 Å². The van der Waals surface area contributed by atoms with Crippen molar-refractivity contribution in [2.75, 3.05) is 19.0 Å². The zero-order chi connectivity index (χ0) is 19.3. The average Bonchev–Trinajstić information content (AvgIpc) is 3.05. The highest BCUT2D eigenvalue weighted by atomic mass is 32.2. The van der Waals surface area contributed by atoms with Gasteiger partial charge >= 0.3 is 5.69 Å². The smallest absolute Gasteiger partial charge is 0.327 e. The number of rotatable bonds is 3. The second kappa shape index (κ2) is 5.81. The number of nitrogens with zero attached hydrogens (tertiary/aromatic N) is 3. The number of hydrogen-bond donors (Lipinski definition) is 2. The van der Waals surface area contributed by atoms with Crippen LogP contribution in [0, 0.1) is 0 Å². The Hall–Kier alpha value is -3.40. The lowest BCUT2D eigenvalue weighted by molar-refractivity contribution is 0.589. The third-order valence-electron chi connectivity index (χ3n) is 4.29. The van der Waals surface area contributed by atoms with Crippen molar-refractivity contribution < 1.29 is 8.42 Å². The molecule has 10 heteroatoms. The van der Waals surface area contributed by atoms with Crippen LogP contribution < -0.4 is 16.1 Å². The van der Waals surface area contributed by atoms with E-state index in [0.717, 1.165) is 21.4 Å². The molecule has 0 aliphatic carbocycles. The molecule has 0 spiro atoms.